The number of hydrogen-bond donors (Lipinski definition) is 1. The van der Waals surface area contributed by atoms with Crippen molar-refractivity contribution in [1.29, 1.82) is 0 Å². The van der Waals surface area contributed by atoms with Gasteiger partial charge in [-0.25, -0.2) is 0 Å². The van der Waals surface area contributed by atoms with Crippen LogP contribution in [0.2, 0.25) is 0 Å². The molecule has 196 valence electrons. The first-order chi connectivity index (χ1) is 17.1. The third-order valence-electron chi connectivity index (χ3n) is 6.85. The van der Waals surface area contributed by atoms with E-state index in [-0.39, 0.29) is 55.4 Å². The SMILES string of the molecule is COc1c(C(=O)NCC2CCCCC2)sc2c1c(=O)n(CC(=O)c1ccccc1)c1ccccc21.Cl.S. The Morgan fingerprint density at radius 1 is 1.03 bits per heavy atom. The molecule has 1 saturated carbocycles. The van der Waals surface area contributed by atoms with Gasteiger partial charge in [0.2, 0.25) is 0 Å². The standard InChI is InChI=1S/C28H28N2O4S.ClH.H2S/c1-34-24-23-25(35-26(24)27(32)29-16-18-10-4-2-5-11-18)20-14-8-9-15-21(20)30(28(23)33)17-22(31)19-12-6-3-7-13-19;;/h3,6-9,12-15,18H,2,4-5,10-11,16-17H2,1H3,(H,29,32);1H;1H2. The number of carbonyl (C=O) groups is 2. The molecule has 1 amide bonds. The average Bonchev–Trinajstić information content (AvgIpc) is 3.31. The number of pyridine rings is 1. The fourth-order valence-corrected chi connectivity index (χ4v) is 6.23. The van der Waals surface area contributed by atoms with E-state index in [1.54, 1.807) is 24.3 Å². The summed E-state index contributed by atoms with van der Waals surface area (Å²) in [7, 11) is 1.48. The number of hydrogen-bond acceptors (Lipinski definition) is 5. The number of Topliss-reactive ketones (excluding diaryl/α,β-unsaturated/α-hetero) is 1. The number of thiophene rings is 1. The number of carbonyl (C=O) groups excluding carboxylic acids is 2. The average molecular weight is 559 g/mol. The van der Waals surface area contributed by atoms with Crippen molar-refractivity contribution >= 4 is 69.9 Å². The minimum atomic E-state index is -0.331. The van der Waals surface area contributed by atoms with Crippen molar-refractivity contribution in [2.24, 2.45) is 5.92 Å². The summed E-state index contributed by atoms with van der Waals surface area (Å²) in [4.78, 5) is 40.3. The Labute approximate surface area is 232 Å². The van der Waals surface area contributed by atoms with Crippen LogP contribution in [0.1, 0.15) is 52.1 Å². The summed E-state index contributed by atoms with van der Waals surface area (Å²) in [6.07, 6.45) is 5.95. The first-order valence-corrected chi connectivity index (χ1v) is 12.9. The first-order valence-electron chi connectivity index (χ1n) is 12.1. The second-order valence-corrected chi connectivity index (χ2v) is 10.1. The second-order valence-electron chi connectivity index (χ2n) is 9.08. The molecule has 5 rings (SSSR count). The molecule has 4 aromatic rings. The van der Waals surface area contributed by atoms with Crippen LogP contribution in [0.15, 0.2) is 59.4 Å². The van der Waals surface area contributed by atoms with Crippen molar-refractivity contribution in [1.82, 2.24) is 9.88 Å². The summed E-state index contributed by atoms with van der Waals surface area (Å²) in [5.74, 6) is 0.402. The summed E-state index contributed by atoms with van der Waals surface area (Å²) in [6, 6.07) is 16.4. The topological polar surface area (TPSA) is 77.4 Å². The van der Waals surface area contributed by atoms with E-state index in [4.69, 9.17) is 4.74 Å². The minimum absolute atomic E-state index is 0. The molecule has 1 aliphatic rings. The van der Waals surface area contributed by atoms with Crippen LogP contribution in [0.4, 0.5) is 0 Å². The molecule has 0 atom stereocenters. The van der Waals surface area contributed by atoms with Gasteiger partial charge in [-0.15, -0.1) is 23.7 Å². The zero-order valence-corrected chi connectivity index (χ0v) is 23.3. The number of halogens is 1. The summed E-state index contributed by atoms with van der Waals surface area (Å²) in [6.45, 7) is 0.536. The molecule has 37 heavy (non-hydrogen) atoms. The number of benzene rings is 2. The number of rotatable bonds is 7. The Morgan fingerprint density at radius 2 is 1.70 bits per heavy atom. The predicted molar refractivity (Wildman–Crippen MR) is 157 cm³/mol. The highest BCUT2D eigenvalue weighted by Crippen LogP contribution is 2.39. The molecule has 0 aliphatic heterocycles. The van der Waals surface area contributed by atoms with Crippen molar-refractivity contribution in [3.8, 4) is 5.75 Å². The highest BCUT2D eigenvalue weighted by atomic mass is 35.5. The number of nitrogens with zero attached hydrogens (tertiary/aromatic N) is 1. The Balaban J connectivity index is 0.00000190. The van der Waals surface area contributed by atoms with E-state index >= 15 is 0 Å². The Hall–Kier alpha value is -2.81. The van der Waals surface area contributed by atoms with Crippen LogP contribution in [0, 0.1) is 5.92 Å². The van der Waals surface area contributed by atoms with Crippen molar-refractivity contribution in [3.05, 3.63) is 75.4 Å². The van der Waals surface area contributed by atoms with E-state index in [1.165, 1.54) is 42.3 Å². The molecule has 0 saturated heterocycles. The molecule has 1 N–H and O–H groups in total. The smallest absolute Gasteiger partial charge is 0.265 e. The number of fused-ring (bicyclic) bond motifs is 3. The summed E-state index contributed by atoms with van der Waals surface area (Å²) < 4.78 is 7.83. The molecule has 9 heteroatoms. The Bertz CT molecular complexity index is 1460. The maximum absolute atomic E-state index is 13.7. The van der Waals surface area contributed by atoms with Gasteiger partial charge in [0.15, 0.2) is 11.5 Å². The highest BCUT2D eigenvalue weighted by molar-refractivity contribution is 7.59. The van der Waals surface area contributed by atoms with E-state index in [0.717, 1.165) is 18.2 Å². The van der Waals surface area contributed by atoms with Crippen LogP contribution in [0.3, 0.4) is 0 Å². The summed E-state index contributed by atoms with van der Waals surface area (Å²) in [5, 5.41) is 4.23. The molecule has 0 radical (unpaired) electrons. The van der Waals surface area contributed by atoms with Crippen LogP contribution >= 0.6 is 37.2 Å². The van der Waals surface area contributed by atoms with Crippen molar-refractivity contribution in [2.75, 3.05) is 13.7 Å². The number of aromatic nitrogens is 1. The van der Waals surface area contributed by atoms with Gasteiger partial charge < -0.3 is 10.1 Å². The number of ketones is 1. The Kier molecular flexibility index (Phi) is 9.81. The van der Waals surface area contributed by atoms with E-state index in [0.29, 0.717) is 38.5 Å². The molecule has 2 heterocycles. The van der Waals surface area contributed by atoms with Gasteiger partial charge in [-0.1, -0.05) is 67.8 Å². The van der Waals surface area contributed by atoms with Gasteiger partial charge in [-0.3, -0.25) is 19.0 Å². The number of para-hydroxylation sites is 1. The largest absolute Gasteiger partial charge is 0.494 e. The lowest BCUT2D eigenvalue weighted by molar-refractivity contribution is 0.0942. The third-order valence-corrected chi connectivity index (χ3v) is 8.05. The van der Waals surface area contributed by atoms with Gasteiger partial charge >= 0.3 is 0 Å². The zero-order valence-electron chi connectivity index (χ0n) is 20.6. The van der Waals surface area contributed by atoms with Crippen molar-refractivity contribution in [2.45, 2.75) is 38.6 Å². The van der Waals surface area contributed by atoms with Gasteiger partial charge in [-0.05, 0) is 24.8 Å². The van der Waals surface area contributed by atoms with Crippen molar-refractivity contribution < 1.29 is 14.3 Å². The van der Waals surface area contributed by atoms with Gasteiger partial charge in [-0.2, -0.15) is 13.5 Å². The molecule has 1 aliphatic carbocycles. The lowest BCUT2D eigenvalue weighted by atomic mass is 9.89. The maximum Gasteiger partial charge on any atom is 0.265 e. The molecule has 1 fully saturated rings. The van der Waals surface area contributed by atoms with Crippen LogP contribution in [0.5, 0.6) is 5.75 Å². The minimum Gasteiger partial charge on any atom is -0.494 e. The number of amides is 1. The van der Waals surface area contributed by atoms with E-state index in [9.17, 15) is 14.4 Å². The molecule has 6 nitrogen and oxygen atoms in total. The van der Waals surface area contributed by atoms with Crippen LogP contribution in [0.25, 0.3) is 21.0 Å². The fraction of sp³-hybridized carbons (Fsp3) is 0.321. The van der Waals surface area contributed by atoms with Crippen LogP contribution in [-0.2, 0) is 6.54 Å². The lowest BCUT2D eigenvalue weighted by Crippen LogP contribution is -2.30. The van der Waals surface area contributed by atoms with Crippen molar-refractivity contribution in [3.63, 3.8) is 0 Å². The zero-order chi connectivity index (χ0) is 24.4. The summed E-state index contributed by atoms with van der Waals surface area (Å²) in [5.41, 5.74) is 0.874. The Morgan fingerprint density at radius 3 is 2.41 bits per heavy atom. The van der Waals surface area contributed by atoms with E-state index < -0.39 is 0 Å². The number of ether oxygens (including phenoxy) is 1. The normalized spacial score (nSPS) is 13.5. The second kappa shape index (κ2) is 12.6. The number of methoxy groups -OCH3 is 1. The van der Waals surface area contributed by atoms with Gasteiger partial charge in [0.05, 0.1) is 23.9 Å². The molecule has 2 aromatic carbocycles. The van der Waals surface area contributed by atoms with Gasteiger partial charge in [0, 0.05) is 17.5 Å². The predicted octanol–water partition coefficient (Wildman–Crippen LogP) is 5.95. The van der Waals surface area contributed by atoms with E-state index in [2.05, 4.69) is 5.32 Å². The first kappa shape index (κ1) is 28.8. The lowest BCUT2D eigenvalue weighted by Gasteiger charge is -2.21. The maximum atomic E-state index is 13.7. The molecule has 0 spiro atoms. The van der Waals surface area contributed by atoms with E-state index in [1.807, 2.05) is 30.3 Å². The molecule has 2 aromatic heterocycles. The fourth-order valence-electron chi connectivity index (χ4n) is 5.01. The summed E-state index contributed by atoms with van der Waals surface area (Å²) >= 11 is 1.28. The highest BCUT2D eigenvalue weighted by Gasteiger charge is 2.26. The monoisotopic (exact) mass is 558 g/mol. The molecule has 0 bridgehead atoms. The molecular weight excluding hydrogens is 528 g/mol. The van der Waals surface area contributed by atoms with Gasteiger partial charge in [0.1, 0.15) is 10.3 Å². The molecule has 0 unspecified atom stereocenters. The van der Waals surface area contributed by atoms with Crippen LogP contribution < -0.4 is 15.6 Å². The quantitative estimate of drug-likeness (QED) is 0.284. The van der Waals surface area contributed by atoms with Crippen LogP contribution in [-0.4, -0.2) is 29.9 Å². The third kappa shape index (κ3) is 5.71. The van der Waals surface area contributed by atoms with Gasteiger partial charge in [0.25, 0.3) is 11.5 Å². The number of nitrogens with one attached hydrogen (secondary N) is 1. The molecular formula is C28H31ClN2O4S2.